The van der Waals surface area contributed by atoms with Gasteiger partial charge < -0.3 is 10.1 Å². The predicted octanol–water partition coefficient (Wildman–Crippen LogP) is 2.92. The fraction of sp³-hybridized carbons (Fsp3) is 0.412. The summed E-state index contributed by atoms with van der Waals surface area (Å²) < 4.78 is 4.68. The van der Waals surface area contributed by atoms with Gasteiger partial charge in [-0.1, -0.05) is 42.8 Å². The molecule has 0 aromatic heterocycles. The smallest absolute Gasteiger partial charge is 0.309 e. The maximum absolute atomic E-state index is 11.3. The number of esters is 1. The van der Waals surface area contributed by atoms with Gasteiger partial charge in [-0.3, -0.25) is 10.2 Å². The van der Waals surface area contributed by atoms with Crippen molar-refractivity contribution in [2.45, 2.75) is 38.1 Å². The Balaban J connectivity index is 2.01. The van der Waals surface area contributed by atoms with Crippen LogP contribution in [0.3, 0.4) is 0 Å². The second kappa shape index (κ2) is 7.62. The number of nitrogens with one attached hydrogen (secondary N) is 2. The summed E-state index contributed by atoms with van der Waals surface area (Å²) in [5, 5.41) is 11.0. The first-order valence-corrected chi connectivity index (χ1v) is 7.35. The molecule has 0 bridgehead atoms. The Bertz CT molecular complexity index is 537. The van der Waals surface area contributed by atoms with Gasteiger partial charge in [-0.05, 0) is 24.0 Å². The van der Waals surface area contributed by atoms with Gasteiger partial charge in [0.05, 0.1) is 19.4 Å². The van der Waals surface area contributed by atoms with E-state index in [1.807, 2.05) is 24.3 Å². The third-order valence-electron chi connectivity index (χ3n) is 3.60. The van der Waals surface area contributed by atoms with E-state index in [9.17, 15) is 4.79 Å². The lowest BCUT2D eigenvalue weighted by Crippen LogP contribution is -2.30. The molecule has 0 amide bonds. The molecule has 1 aromatic carbocycles. The largest absolute Gasteiger partial charge is 0.469 e. The average Bonchev–Trinajstić information content (AvgIpc) is 2.69. The molecule has 4 heteroatoms. The van der Waals surface area contributed by atoms with E-state index in [-0.39, 0.29) is 12.0 Å². The minimum absolute atomic E-state index is 0.226. The van der Waals surface area contributed by atoms with Gasteiger partial charge in [0.1, 0.15) is 0 Å². The van der Waals surface area contributed by atoms with Gasteiger partial charge in [-0.25, -0.2) is 0 Å². The van der Waals surface area contributed by atoms with E-state index in [1.54, 1.807) is 0 Å². The molecule has 1 unspecified atom stereocenters. The molecule has 21 heavy (non-hydrogen) atoms. The third kappa shape index (κ3) is 5.06. The third-order valence-corrected chi connectivity index (χ3v) is 3.60. The van der Waals surface area contributed by atoms with Crippen LogP contribution >= 0.6 is 0 Å². The van der Waals surface area contributed by atoms with Gasteiger partial charge in [0.25, 0.3) is 0 Å². The molecule has 1 heterocycles. The maximum atomic E-state index is 11.3. The zero-order chi connectivity index (χ0) is 15.1. The highest BCUT2D eigenvalue weighted by atomic mass is 16.5. The number of methoxy groups -OCH3 is 1. The Hall–Kier alpha value is -2.10. The van der Waals surface area contributed by atoms with Crippen LogP contribution in [0.1, 0.15) is 36.8 Å². The van der Waals surface area contributed by atoms with E-state index < -0.39 is 0 Å². The van der Waals surface area contributed by atoms with Crippen LogP contribution in [0, 0.1) is 5.41 Å². The van der Waals surface area contributed by atoms with Gasteiger partial charge in [0.15, 0.2) is 0 Å². The van der Waals surface area contributed by atoms with Crippen LogP contribution < -0.4 is 5.32 Å². The number of ether oxygens (including phenoxy) is 1. The number of carbonyl (C=O) groups is 1. The summed E-state index contributed by atoms with van der Waals surface area (Å²) in [7, 11) is 1.40. The van der Waals surface area contributed by atoms with Gasteiger partial charge in [0.2, 0.25) is 0 Å². The molecule has 1 fully saturated rings. The zero-order valence-corrected chi connectivity index (χ0v) is 12.4. The molecule has 0 aliphatic carbocycles. The molecular weight excluding hydrogens is 264 g/mol. The number of hydrogen-bond acceptors (Lipinski definition) is 3. The molecule has 1 aliphatic heterocycles. The summed E-state index contributed by atoms with van der Waals surface area (Å²) in [5.41, 5.74) is 2.01. The predicted molar refractivity (Wildman–Crippen MR) is 84.3 cm³/mol. The van der Waals surface area contributed by atoms with Gasteiger partial charge in [-0.2, -0.15) is 0 Å². The Morgan fingerprint density at radius 1 is 1.48 bits per heavy atom. The molecule has 0 saturated carbocycles. The molecular formula is C17H22N2O2. The van der Waals surface area contributed by atoms with Crippen molar-refractivity contribution >= 4 is 17.9 Å². The summed E-state index contributed by atoms with van der Waals surface area (Å²) in [6, 6.07) is 8.10. The van der Waals surface area contributed by atoms with Crippen LogP contribution in [0.2, 0.25) is 0 Å². The second-order valence-corrected chi connectivity index (χ2v) is 5.33. The highest BCUT2D eigenvalue weighted by molar-refractivity contribution is 5.79. The number of amidine groups is 1. The lowest BCUT2D eigenvalue weighted by Gasteiger charge is -2.12. The van der Waals surface area contributed by atoms with Gasteiger partial charge in [-0.15, -0.1) is 0 Å². The minimum Gasteiger partial charge on any atom is -0.469 e. The van der Waals surface area contributed by atoms with Crippen molar-refractivity contribution in [3.05, 3.63) is 41.5 Å². The molecule has 1 aromatic rings. The summed E-state index contributed by atoms with van der Waals surface area (Å²) in [6.45, 7) is 0. The van der Waals surface area contributed by atoms with E-state index in [2.05, 4.69) is 22.2 Å². The molecule has 0 spiro atoms. The van der Waals surface area contributed by atoms with Crippen molar-refractivity contribution in [1.29, 1.82) is 5.41 Å². The van der Waals surface area contributed by atoms with Gasteiger partial charge >= 0.3 is 5.97 Å². The van der Waals surface area contributed by atoms with Crippen molar-refractivity contribution in [2.75, 3.05) is 7.11 Å². The van der Waals surface area contributed by atoms with Crippen molar-refractivity contribution in [2.24, 2.45) is 0 Å². The van der Waals surface area contributed by atoms with Crippen LogP contribution in [0.4, 0.5) is 0 Å². The minimum atomic E-state index is -0.227. The normalized spacial score (nSPS) is 19.1. The van der Waals surface area contributed by atoms with Crippen molar-refractivity contribution in [1.82, 2.24) is 5.32 Å². The Labute approximate surface area is 125 Å². The lowest BCUT2D eigenvalue weighted by molar-refractivity contribution is -0.139. The van der Waals surface area contributed by atoms with Crippen molar-refractivity contribution in [3.8, 4) is 0 Å². The van der Waals surface area contributed by atoms with Crippen LogP contribution in [0.5, 0.6) is 0 Å². The zero-order valence-electron chi connectivity index (χ0n) is 12.4. The molecule has 1 atom stereocenters. The Morgan fingerprint density at radius 2 is 2.33 bits per heavy atom. The lowest BCUT2D eigenvalue weighted by atomic mass is 10.1. The summed E-state index contributed by atoms with van der Waals surface area (Å²) in [5.74, 6) is 0.400. The monoisotopic (exact) mass is 286 g/mol. The fourth-order valence-corrected chi connectivity index (χ4v) is 2.45. The van der Waals surface area contributed by atoms with Gasteiger partial charge in [0, 0.05) is 12.5 Å². The van der Waals surface area contributed by atoms with Crippen LogP contribution in [-0.4, -0.2) is 25.0 Å². The number of rotatable bonds is 4. The molecule has 1 saturated heterocycles. The SMILES string of the molecule is COC(=O)Cc1cccc(/C=C/C2CCCCC(=N)N2)c1. The molecule has 2 rings (SSSR count). The first-order valence-electron chi connectivity index (χ1n) is 7.35. The topological polar surface area (TPSA) is 62.2 Å². The molecule has 0 radical (unpaired) electrons. The quantitative estimate of drug-likeness (QED) is 0.837. The highest BCUT2D eigenvalue weighted by Gasteiger charge is 2.11. The van der Waals surface area contributed by atoms with Crippen LogP contribution in [0.15, 0.2) is 30.3 Å². The van der Waals surface area contributed by atoms with Crippen molar-refractivity contribution < 1.29 is 9.53 Å². The van der Waals surface area contributed by atoms with E-state index in [0.717, 1.165) is 36.8 Å². The second-order valence-electron chi connectivity index (χ2n) is 5.33. The van der Waals surface area contributed by atoms with Crippen LogP contribution in [0.25, 0.3) is 6.08 Å². The summed E-state index contributed by atoms with van der Waals surface area (Å²) in [6.07, 6.45) is 8.59. The van der Waals surface area contributed by atoms with Crippen molar-refractivity contribution in [3.63, 3.8) is 0 Å². The molecule has 112 valence electrons. The first-order chi connectivity index (χ1) is 10.2. The molecule has 2 N–H and O–H groups in total. The van der Waals surface area contributed by atoms with E-state index >= 15 is 0 Å². The number of benzene rings is 1. The summed E-state index contributed by atoms with van der Waals surface area (Å²) in [4.78, 5) is 11.3. The van der Waals surface area contributed by atoms with E-state index in [4.69, 9.17) is 5.41 Å². The average molecular weight is 286 g/mol. The summed E-state index contributed by atoms with van der Waals surface area (Å²) >= 11 is 0. The number of carbonyl (C=O) groups excluding carboxylic acids is 1. The molecule has 1 aliphatic rings. The fourth-order valence-electron chi connectivity index (χ4n) is 2.45. The first kappa shape index (κ1) is 15.3. The van der Waals surface area contributed by atoms with E-state index in [1.165, 1.54) is 7.11 Å². The Morgan fingerprint density at radius 3 is 3.14 bits per heavy atom. The Kier molecular flexibility index (Phi) is 5.55. The number of hydrogen-bond donors (Lipinski definition) is 2. The van der Waals surface area contributed by atoms with E-state index in [0.29, 0.717) is 12.3 Å². The van der Waals surface area contributed by atoms with Crippen LogP contribution in [-0.2, 0) is 16.0 Å². The standard InChI is InChI=1S/C17H22N2O2/c1-21-17(20)12-14-6-4-5-13(11-14)9-10-15-7-2-3-8-16(18)19-15/h4-6,9-11,15H,2-3,7-8,12H2,1H3,(H2,18,19)/b10-9+. The molecule has 4 nitrogen and oxygen atoms in total. The maximum Gasteiger partial charge on any atom is 0.309 e. The highest BCUT2D eigenvalue weighted by Crippen LogP contribution is 2.13.